The Kier molecular flexibility index (Phi) is 7.77. The van der Waals surface area contributed by atoms with Crippen LogP contribution < -0.4 is 0 Å². The molecule has 2 aromatic heterocycles. The monoisotopic (exact) mass is 523 g/mol. The Balaban J connectivity index is 1.45. The maximum Gasteiger partial charge on any atom is 0.410 e. The maximum absolute atomic E-state index is 13.5. The van der Waals surface area contributed by atoms with Gasteiger partial charge in [0.15, 0.2) is 0 Å². The molecule has 202 valence electrons. The van der Waals surface area contributed by atoms with E-state index in [1.165, 1.54) is 11.1 Å². The molecule has 2 atom stereocenters. The quantitative estimate of drug-likeness (QED) is 0.279. The average Bonchev–Trinajstić information content (AvgIpc) is 3.38. The number of amides is 1. The molecule has 0 bridgehead atoms. The summed E-state index contributed by atoms with van der Waals surface area (Å²) in [6.45, 7) is 8.39. The lowest BCUT2D eigenvalue weighted by molar-refractivity contribution is 0.00610. The van der Waals surface area contributed by atoms with E-state index in [1.807, 2.05) is 36.4 Å². The Bertz CT molecular complexity index is 1380. The van der Waals surface area contributed by atoms with Crippen LogP contribution in [0.2, 0.25) is 0 Å². The smallest absolute Gasteiger partial charge is 0.410 e. The lowest BCUT2D eigenvalue weighted by Crippen LogP contribution is -2.48. The first-order chi connectivity index (χ1) is 18.8. The van der Waals surface area contributed by atoms with Crippen molar-refractivity contribution in [3.05, 3.63) is 95.9 Å². The van der Waals surface area contributed by atoms with Crippen molar-refractivity contribution in [1.82, 2.24) is 24.6 Å². The van der Waals surface area contributed by atoms with Gasteiger partial charge in [0.2, 0.25) is 0 Å². The molecule has 3 heterocycles. The van der Waals surface area contributed by atoms with E-state index in [4.69, 9.17) is 9.84 Å². The fraction of sp³-hybridized carbons (Fsp3) is 0.375. The number of nitrogens with zero attached hydrogens (tertiary/aromatic N) is 5. The number of rotatable bonds is 6. The van der Waals surface area contributed by atoms with Crippen molar-refractivity contribution >= 4 is 6.09 Å². The van der Waals surface area contributed by atoms with Crippen molar-refractivity contribution in [3.63, 3.8) is 0 Å². The second-order valence-corrected chi connectivity index (χ2v) is 11.4. The van der Waals surface area contributed by atoms with Crippen molar-refractivity contribution in [2.45, 2.75) is 70.9 Å². The fourth-order valence-corrected chi connectivity index (χ4v) is 5.20. The summed E-state index contributed by atoms with van der Waals surface area (Å²) in [6, 6.07) is 22.9. The van der Waals surface area contributed by atoms with Crippen LogP contribution in [0.4, 0.5) is 4.79 Å². The van der Waals surface area contributed by atoms with Crippen LogP contribution in [0.1, 0.15) is 62.8 Å². The van der Waals surface area contributed by atoms with E-state index in [0.29, 0.717) is 12.5 Å². The minimum atomic E-state index is -0.563. The first-order valence-corrected chi connectivity index (χ1v) is 13.7. The molecule has 0 spiro atoms. The predicted molar refractivity (Wildman–Crippen MR) is 153 cm³/mol. The van der Waals surface area contributed by atoms with Gasteiger partial charge < -0.3 is 9.64 Å². The summed E-state index contributed by atoms with van der Waals surface area (Å²) < 4.78 is 7.73. The fourth-order valence-electron chi connectivity index (χ4n) is 5.20. The number of aromatic nitrogens is 4. The number of hydrogen-bond acceptors (Lipinski definition) is 5. The highest BCUT2D eigenvalue weighted by molar-refractivity contribution is 5.69. The van der Waals surface area contributed by atoms with Crippen LogP contribution in [-0.4, -0.2) is 48.9 Å². The first kappa shape index (κ1) is 26.6. The van der Waals surface area contributed by atoms with Crippen molar-refractivity contribution in [3.8, 4) is 17.2 Å². The molecule has 1 aliphatic heterocycles. The van der Waals surface area contributed by atoms with Gasteiger partial charge in [-0.05, 0) is 71.1 Å². The number of hydrogen-bond donors (Lipinski definition) is 0. The number of aryl methyl sites for hydroxylation is 2. The Morgan fingerprint density at radius 1 is 0.974 bits per heavy atom. The van der Waals surface area contributed by atoms with Crippen molar-refractivity contribution < 1.29 is 9.53 Å². The first-order valence-electron chi connectivity index (χ1n) is 13.7. The topological polar surface area (TPSA) is 73.1 Å². The second kappa shape index (κ2) is 11.4. The van der Waals surface area contributed by atoms with Crippen molar-refractivity contribution in [2.24, 2.45) is 0 Å². The molecule has 1 saturated heterocycles. The Morgan fingerprint density at radius 3 is 2.38 bits per heavy atom. The van der Waals surface area contributed by atoms with Gasteiger partial charge in [0.25, 0.3) is 5.95 Å². The van der Waals surface area contributed by atoms with Crippen LogP contribution in [0.3, 0.4) is 0 Å². The minimum Gasteiger partial charge on any atom is -0.444 e. The lowest BCUT2D eigenvalue weighted by Gasteiger charge is -2.40. The molecule has 2 aromatic carbocycles. The summed E-state index contributed by atoms with van der Waals surface area (Å²) in [6.07, 6.45) is 6.84. The molecular formula is C32H37N5O2. The highest BCUT2D eigenvalue weighted by Gasteiger charge is 2.36. The molecule has 7 nitrogen and oxygen atoms in total. The van der Waals surface area contributed by atoms with Crippen LogP contribution in [0.15, 0.2) is 79.1 Å². The van der Waals surface area contributed by atoms with E-state index in [-0.39, 0.29) is 18.1 Å². The molecule has 0 radical (unpaired) electrons. The van der Waals surface area contributed by atoms with Gasteiger partial charge in [-0.2, -0.15) is 5.10 Å². The van der Waals surface area contributed by atoms with Crippen molar-refractivity contribution in [1.29, 1.82) is 0 Å². The third-order valence-electron chi connectivity index (χ3n) is 7.19. The number of benzene rings is 2. The molecule has 1 amide bonds. The third-order valence-corrected chi connectivity index (χ3v) is 7.19. The summed E-state index contributed by atoms with van der Waals surface area (Å²) in [5.41, 5.74) is 4.83. The van der Waals surface area contributed by atoms with Crippen LogP contribution in [0.5, 0.6) is 0 Å². The SMILES string of the molecule is Cc1ccc(-c2cc([C@@H]3CC[C@H](CCc4ccccc4)N(C(=O)OC(C)(C)C)C3)n(-c3ncccn3)n2)cc1. The zero-order valence-electron chi connectivity index (χ0n) is 23.2. The van der Waals surface area contributed by atoms with Crippen LogP contribution >= 0.6 is 0 Å². The standard InChI is InChI=1S/C32H37N5O2/c1-23-11-14-25(15-12-23)28-21-29(37(35-28)30-33-19-8-20-34-30)26-16-18-27(17-13-24-9-6-5-7-10-24)36(22-26)31(38)39-32(2,3)4/h5-12,14-15,19-21,26-27H,13,16-18,22H2,1-4H3/t26-,27+/m1/s1. The average molecular weight is 524 g/mol. The van der Waals surface area contributed by atoms with Crippen LogP contribution in [0.25, 0.3) is 17.2 Å². The number of carbonyl (C=O) groups excluding carboxylic acids is 1. The minimum absolute atomic E-state index is 0.0704. The summed E-state index contributed by atoms with van der Waals surface area (Å²) in [7, 11) is 0. The number of piperidine rings is 1. The van der Waals surface area contributed by atoms with E-state index >= 15 is 0 Å². The Labute approximate surface area is 230 Å². The van der Waals surface area contributed by atoms with E-state index in [9.17, 15) is 4.79 Å². The summed E-state index contributed by atoms with van der Waals surface area (Å²) in [5.74, 6) is 0.599. The van der Waals surface area contributed by atoms with Gasteiger partial charge in [-0.1, -0.05) is 60.2 Å². The van der Waals surface area contributed by atoms with Gasteiger partial charge in [0, 0.05) is 36.5 Å². The maximum atomic E-state index is 13.5. The van der Waals surface area contributed by atoms with E-state index < -0.39 is 5.60 Å². The van der Waals surface area contributed by atoms with E-state index in [1.54, 1.807) is 18.5 Å². The molecule has 7 heteroatoms. The van der Waals surface area contributed by atoms with Gasteiger partial charge in [0.1, 0.15) is 5.60 Å². The largest absolute Gasteiger partial charge is 0.444 e. The normalized spacial score (nSPS) is 17.7. The van der Waals surface area contributed by atoms with Gasteiger partial charge in [0.05, 0.1) is 11.4 Å². The van der Waals surface area contributed by atoms with Gasteiger partial charge in [-0.15, -0.1) is 0 Å². The molecular weight excluding hydrogens is 486 g/mol. The Hall–Kier alpha value is -4.00. The van der Waals surface area contributed by atoms with Gasteiger partial charge in [-0.25, -0.2) is 19.4 Å². The summed E-state index contributed by atoms with van der Waals surface area (Å²) >= 11 is 0. The van der Waals surface area contributed by atoms with Crippen LogP contribution in [-0.2, 0) is 11.2 Å². The molecule has 39 heavy (non-hydrogen) atoms. The highest BCUT2D eigenvalue weighted by Crippen LogP contribution is 2.35. The lowest BCUT2D eigenvalue weighted by atomic mass is 9.87. The number of ether oxygens (including phenoxy) is 1. The second-order valence-electron chi connectivity index (χ2n) is 11.4. The Morgan fingerprint density at radius 2 is 1.69 bits per heavy atom. The van der Waals surface area contributed by atoms with Gasteiger partial charge in [-0.3, -0.25) is 0 Å². The van der Waals surface area contributed by atoms with Crippen molar-refractivity contribution in [2.75, 3.05) is 6.54 Å². The third kappa shape index (κ3) is 6.53. The zero-order valence-corrected chi connectivity index (χ0v) is 23.2. The molecule has 1 fully saturated rings. The zero-order chi connectivity index (χ0) is 27.4. The highest BCUT2D eigenvalue weighted by atomic mass is 16.6. The van der Waals surface area contributed by atoms with Crippen LogP contribution in [0, 0.1) is 6.92 Å². The molecule has 0 unspecified atom stereocenters. The van der Waals surface area contributed by atoms with E-state index in [0.717, 1.165) is 42.6 Å². The molecule has 0 aliphatic carbocycles. The molecule has 4 aromatic rings. The molecule has 0 N–H and O–H groups in total. The summed E-state index contributed by atoms with van der Waals surface area (Å²) in [5, 5.41) is 4.94. The van der Waals surface area contributed by atoms with E-state index in [2.05, 4.69) is 71.5 Å². The summed E-state index contributed by atoms with van der Waals surface area (Å²) in [4.78, 5) is 24.4. The predicted octanol–water partition coefficient (Wildman–Crippen LogP) is 6.75. The molecule has 5 rings (SSSR count). The van der Waals surface area contributed by atoms with Gasteiger partial charge >= 0.3 is 6.09 Å². The number of likely N-dealkylation sites (tertiary alicyclic amines) is 1. The molecule has 1 aliphatic rings. The number of carbonyl (C=O) groups is 1. The molecule has 0 saturated carbocycles.